The van der Waals surface area contributed by atoms with E-state index in [0.29, 0.717) is 23.4 Å². The third-order valence-corrected chi connectivity index (χ3v) is 12.0. The lowest BCUT2D eigenvalue weighted by Crippen LogP contribution is -2.28. The summed E-state index contributed by atoms with van der Waals surface area (Å²) in [5.41, 5.74) is 16.7. The molecule has 260 valence electrons. The lowest BCUT2D eigenvalue weighted by molar-refractivity contribution is 0.653. The third-order valence-electron chi connectivity index (χ3n) is 12.0. The second-order valence-electron chi connectivity index (χ2n) is 14.9. The van der Waals surface area contributed by atoms with Crippen LogP contribution in [0.2, 0.25) is 0 Å². The predicted molar refractivity (Wildman–Crippen MR) is 226 cm³/mol. The van der Waals surface area contributed by atoms with Crippen molar-refractivity contribution in [1.82, 2.24) is 9.97 Å². The highest BCUT2D eigenvalue weighted by atomic mass is 16.3. The van der Waals surface area contributed by atoms with Gasteiger partial charge in [0.1, 0.15) is 5.58 Å². The summed E-state index contributed by atoms with van der Waals surface area (Å²) in [6, 6.07) is 41.7. The van der Waals surface area contributed by atoms with Crippen molar-refractivity contribution in [3.8, 4) is 33.8 Å². The molecule has 0 saturated heterocycles. The van der Waals surface area contributed by atoms with Crippen LogP contribution < -0.4 is 0 Å². The topological polar surface area (TPSA) is 38.9 Å². The maximum absolute atomic E-state index is 6.48. The van der Waals surface area contributed by atoms with E-state index < -0.39 is 5.41 Å². The molecule has 0 saturated carbocycles. The number of hydrogen-bond acceptors (Lipinski definition) is 3. The van der Waals surface area contributed by atoms with Crippen molar-refractivity contribution in [2.75, 3.05) is 0 Å². The van der Waals surface area contributed by atoms with Crippen LogP contribution in [0, 0.1) is 11.8 Å². The number of benzene rings is 5. The van der Waals surface area contributed by atoms with Gasteiger partial charge in [-0.2, -0.15) is 4.98 Å². The van der Waals surface area contributed by atoms with Gasteiger partial charge in [-0.15, -0.1) is 0 Å². The Morgan fingerprint density at radius 3 is 2.38 bits per heavy atom. The van der Waals surface area contributed by atoms with Crippen molar-refractivity contribution in [3.63, 3.8) is 0 Å². The molecule has 11 rings (SSSR count). The van der Waals surface area contributed by atoms with E-state index in [1.165, 1.54) is 44.5 Å². The maximum atomic E-state index is 6.48. The minimum Gasteiger partial charge on any atom is -0.438 e. The Hall–Kier alpha value is -6.84. The number of fused-ring (bicyclic) bond motifs is 14. The van der Waals surface area contributed by atoms with E-state index in [9.17, 15) is 0 Å². The normalized spacial score (nSPS) is 20.3. The van der Waals surface area contributed by atoms with Gasteiger partial charge in [-0.3, -0.25) is 0 Å². The van der Waals surface area contributed by atoms with Crippen molar-refractivity contribution in [1.29, 1.82) is 0 Å². The first-order valence-electron chi connectivity index (χ1n) is 19.0. The van der Waals surface area contributed by atoms with E-state index in [1.807, 2.05) is 30.4 Å². The fourth-order valence-electron chi connectivity index (χ4n) is 9.67. The van der Waals surface area contributed by atoms with Gasteiger partial charge >= 0.3 is 0 Å². The number of rotatable bonds is 5. The Morgan fingerprint density at radius 1 is 0.709 bits per heavy atom. The zero-order valence-electron chi connectivity index (χ0n) is 30.4. The largest absolute Gasteiger partial charge is 0.438 e. The Morgan fingerprint density at radius 2 is 1.49 bits per heavy atom. The number of allylic oxidation sites excluding steroid dienone is 13. The van der Waals surface area contributed by atoms with Crippen LogP contribution in [0.5, 0.6) is 0 Å². The molecular formula is C52H36N2O. The lowest BCUT2D eigenvalue weighted by atomic mass is 9.67. The fraction of sp³-hybridized carbons (Fsp3) is 0.0769. The molecule has 1 spiro atoms. The summed E-state index contributed by atoms with van der Waals surface area (Å²) in [5.74, 6) is 1.31. The molecule has 0 fully saturated rings. The highest BCUT2D eigenvalue weighted by Crippen LogP contribution is 2.65. The Kier molecular flexibility index (Phi) is 6.96. The number of para-hydroxylation sites is 1. The quantitative estimate of drug-likeness (QED) is 0.167. The Labute approximate surface area is 320 Å². The summed E-state index contributed by atoms with van der Waals surface area (Å²) in [4.78, 5) is 10.6. The van der Waals surface area contributed by atoms with Gasteiger partial charge < -0.3 is 4.42 Å². The molecule has 0 amide bonds. The second-order valence-corrected chi connectivity index (χ2v) is 14.9. The molecule has 3 unspecified atom stereocenters. The molecule has 4 aliphatic carbocycles. The first-order valence-corrected chi connectivity index (χ1v) is 19.0. The molecule has 2 aromatic heterocycles. The maximum Gasteiger partial charge on any atom is 0.231 e. The molecule has 0 radical (unpaired) electrons. The van der Waals surface area contributed by atoms with Crippen LogP contribution in [-0.4, -0.2) is 9.97 Å². The van der Waals surface area contributed by atoms with Gasteiger partial charge in [-0.1, -0.05) is 164 Å². The molecule has 3 atom stereocenters. The third kappa shape index (κ3) is 4.50. The standard InChI is InChI=1S/C52H36N2O/c1-3-4-5-15-32(2)34-17-14-18-35(30-34)49-48-40-22-10-13-25-46(40)55-51(48)54-50(53-49)36-27-28-44-41(31-36)38-20-8-11-23-42(38)52(44)43-24-12-9-21-39(43)47-37-19-7-6-16-33(37)26-29-45(47)52/h3-31,33,37H,1H2,2H3/b5-4-,32-15+. The number of hydrogen-bond donors (Lipinski definition) is 0. The van der Waals surface area contributed by atoms with E-state index in [4.69, 9.17) is 14.4 Å². The average molecular weight is 705 g/mol. The molecule has 3 nitrogen and oxygen atoms in total. The molecule has 0 N–H and O–H groups in total. The first kappa shape index (κ1) is 31.7. The molecule has 5 aromatic carbocycles. The smallest absolute Gasteiger partial charge is 0.231 e. The summed E-state index contributed by atoms with van der Waals surface area (Å²) in [6.45, 7) is 5.93. The van der Waals surface area contributed by atoms with Crippen LogP contribution in [0.15, 0.2) is 193 Å². The van der Waals surface area contributed by atoms with Crippen molar-refractivity contribution in [2.45, 2.75) is 12.3 Å². The molecule has 7 aromatic rings. The molecule has 3 heteroatoms. The number of furan rings is 1. The van der Waals surface area contributed by atoms with E-state index >= 15 is 0 Å². The van der Waals surface area contributed by atoms with E-state index in [2.05, 4.69) is 153 Å². The molecular weight excluding hydrogens is 669 g/mol. The fourth-order valence-corrected chi connectivity index (χ4v) is 9.67. The van der Waals surface area contributed by atoms with Gasteiger partial charge in [0.05, 0.1) is 16.5 Å². The van der Waals surface area contributed by atoms with Crippen LogP contribution in [0.1, 0.15) is 34.7 Å². The van der Waals surface area contributed by atoms with E-state index in [0.717, 1.165) is 44.3 Å². The highest BCUT2D eigenvalue weighted by Gasteiger charge is 2.54. The van der Waals surface area contributed by atoms with Crippen LogP contribution >= 0.6 is 0 Å². The van der Waals surface area contributed by atoms with Crippen molar-refractivity contribution in [3.05, 3.63) is 216 Å². The molecule has 55 heavy (non-hydrogen) atoms. The Balaban J connectivity index is 1.12. The van der Waals surface area contributed by atoms with Gasteiger partial charge in [-0.25, -0.2) is 4.98 Å². The molecule has 2 heterocycles. The predicted octanol–water partition coefficient (Wildman–Crippen LogP) is 12.9. The minimum absolute atomic E-state index is 0.310. The van der Waals surface area contributed by atoms with Crippen LogP contribution in [-0.2, 0) is 5.41 Å². The van der Waals surface area contributed by atoms with Crippen molar-refractivity contribution in [2.24, 2.45) is 11.8 Å². The van der Waals surface area contributed by atoms with Crippen LogP contribution in [0.4, 0.5) is 0 Å². The van der Waals surface area contributed by atoms with Crippen molar-refractivity contribution < 1.29 is 4.42 Å². The SMILES string of the molecule is C=C/C=C\C=C(/C)c1cccc(-c2nc(-c3ccc4c(c3)-c3ccccc3C43C4=C(c5ccccc53)C3C=CC=CC3C=C4)nc3oc4ccccc4c23)c1. The molecule has 0 bridgehead atoms. The van der Waals surface area contributed by atoms with Crippen LogP contribution in [0.25, 0.3) is 67.0 Å². The molecule has 0 aliphatic heterocycles. The van der Waals surface area contributed by atoms with Crippen molar-refractivity contribution >= 4 is 33.2 Å². The summed E-state index contributed by atoms with van der Waals surface area (Å²) >= 11 is 0. The van der Waals surface area contributed by atoms with Gasteiger partial charge in [0.25, 0.3) is 0 Å². The summed E-state index contributed by atoms with van der Waals surface area (Å²) in [7, 11) is 0. The summed E-state index contributed by atoms with van der Waals surface area (Å²) in [6.07, 6.45) is 21.8. The zero-order valence-corrected chi connectivity index (χ0v) is 30.4. The van der Waals surface area contributed by atoms with Gasteiger partial charge in [0.15, 0.2) is 5.82 Å². The van der Waals surface area contributed by atoms with Crippen LogP contribution in [0.3, 0.4) is 0 Å². The van der Waals surface area contributed by atoms with E-state index in [1.54, 1.807) is 6.08 Å². The summed E-state index contributed by atoms with van der Waals surface area (Å²) in [5, 5.41) is 1.93. The van der Waals surface area contributed by atoms with E-state index in [-0.39, 0.29) is 0 Å². The molecule has 4 aliphatic rings. The average Bonchev–Trinajstić information content (AvgIpc) is 3.87. The van der Waals surface area contributed by atoms with Gasteiger partial charge in [-0.05, 0) is 80.8 Å². The number of nitrogens with zero attached hydrogens (tertiary/aromatic N) is 2. The second kappa shape index (κ2) is 12.1. The monoisotopic (exact) mass is 704 g/mol. The van der Waals surface area contributed by atoms with Gasteiger partial charge in [0, 0.05) is 28.3 Å². The highest BCUT2D eigenvalue weighted by molar-refractivity contribution is 6.11. The minimum atomic E-state index is -0.408. The number of aromatic nitrogens is 2. The lowest BCUT2D eigenvalue weighted by Gasteiger charge is -2.34. The van der Waals surface area contributed by atoms with Gasteiger partial charge in [0.2, 0.25) is 5.71 Å². The Bertz CT molecular complexity index is 2980. The first-order chi connectivity index (χ1) is 27.1. The summed E-state index contributed by atoms with van der Waals surface area (Å²) < 4.78 is 6.48. The zero-order chi connectivity index (χ0) is 36.7.